The first-order valence-electron chi connectivity index (χ1n) is 8.35. The summed E-state index contributed by atoms with van der Waals surface area (Å²) in [6.45, 7) is 1.35. The van der Waals surface area contributed by atoms with Crippen molar-refractivity contribution in [3.8, 4) is 5.75 Å². The highest BCUT2D eigenvalue weighted by atomic mass is 16.5. The fourth-order valence-corrected chi connectivity index (χ4v) is 2.57. The number of ketones is 1. The van der Waals surface area contributed by atoms with Gasteiger partial charge in [-0.25, -0.2) is 9.59 Å². The number of methoxy groups -OCH3 is 1. The van der Waals surface area contributed by atoms with Gasteiger partial charge in [0.1, 0.15) is 18.4 Å². The van der Waals surface area contributed by atoms with Crippen LogP contribution in [-0.4, -0.2) is 30.9 Å². The molecule has 0 fully saturated rings. The van der Waals surface area contributed by atoms with Gasteiger partial charge in [-0.05, 0) is 30.7 Å². The maximum atomic E-state index is 12.5. The predicted octanol–water partition coefficient (Wildman–Crippen LogP) is 2.22. The van der Waals surface area contributed by atoms with E-state index >= 15 is 0 Å². The molecular weight excluding hydrogens is 348 g/mol. The van der Waals surface area contributed by atoms with Gasteiger partial charge >= 0.3 is 12.0 Å². The predicted molar refractivity (Wildman–Crippen MR) is 99.4 cm³/mol. The number of Topliss-reactive ketones (excluding diaryl/α,β-unsaturated/α-hetero) is 1. The highest BCUT2D eigenvalue weighted by Crippen LogP contribution is 2.21. The summed E-state index contributed by atoms with van der Waals surface area (Å²) in [6, 6.07) is 12.3. The number of ether oxygens (including phenoxy) is 2. The van der Waals surface area contributed by atoms with Gasteiger partial charge in [0.15, 0.2) is 5.78 Å². The monoisotopic (exact) mass is 370 g/mol. The number of rotatable bonds is 8. The molecule has 0 unspecified atom stereocenters. The summed E-state index contributed by atoms with van der Waals surface area (Å²) in [4.78, 5) is 35.3. The summed E-state index contributed by atoms with van der Waals surface area (Å²) in [5.74, 6) is -0.245. The number of nitrogens with two attached hydrogens (primary N) is 1. The van der Waals surface area contributed by atoms with E-state index in [-0.39, 0.29) is 18.8 Å². The second kappa shape index (κ2) is 9.38. The number of primary amides is 1. The lowest BCUT2D eigenvalue weighted by Gasteiger charge is -2.17. The Bertz CT molecular complexity index is 820. The van der Waals surface area contributed by atoms with Crippen LogP contribution < -0.4 is 15.8 Å². The molecule has 1 atom stereocenters. The van der Waals surface area contributed by atoms with Gasteiger partial charge in [0, 0.05) is 17.5 Å². The fourth-order valence-electron chi connectivity index (χ4n) is 2.57. The zero-order chi connectivity index (χ0) is 19.8. The van der Waals surface area contributed by atoms with Crippen LogP contribution in [0, 0.1) is 0 Å². The highest BCUT2D eigenvalue weighted by molar-refractivity contribution is 5.94. The third-order valence-electron chi connectivity index (χ3n) is 3.94. The van der Waals surface area contributed by atoms with Crippen LogP contribution >= 0.6 is 0 Å². The van der Waals surface area contributed by atoms with E-state index in [0.717, 1.165) is 5.56 Å². The van der Waals surface area contributed by atoms with Crippen molar-refractivity contribution in [1.82, 2.24) is 5.32 Å². The molecule has 0 radical (unpaired) electrons. The molecule has 0 heterocycles. The number of carbonyl (C=O) groups excluding carboxylic acids is 3. The molecule has 7 heteroatoms. The number of carbonyl (C=O) groups is 3. The average Bonchev–Trinajstić information content (AvgIpc) is 2.65. The van der Waals surface area contributed by atoms with Crippen LogP contribution in [0.1, 0.15) is 28.4 Å². The Labute approximate surface area is 157 Å². The van der Waals surface area contributed by atoms with Crippen LogP contribution in [0.3, 0.4) is 0 Å². The van der Waals surface area contributed by atoms with Crippen LogP contribution in [0.25, 0.3) is 0 Å². The fraction of sp³-hybridized carbons (Fsp3) is 0.250. The minimum atomic E-state index is -0.924. The minimum Gasteiger partial charge on any atom is -0.496 e. The Hall–Kier alpha value is -3.35. The lowest BCUT2D eigenvalue weighted by Crippen LogP contribution is -2.45. The van der Waals surface area contributed by atoms with Gasteiger partial charge < -0.3 is 20.5 Å². The summed E-state index contributed by atoms with van der Waals surface area (Å²) >= 11 is 0. The molecule has 0 saturated heterocycles. The standard InChI is InChI=1S/C20H22N2O5/c1-13(23)15-8-9-18(26-2)16(11-15)12-27-19(24)17(22-20(21)25)10-14-6-4-3-5-7-14/h3-9,11,17H,10,12H2,1-2H3,(H3,21,22,25)/t17-/m0/s1. The third kappa shape index (κ3) is 5.85. The van der Waals surface area contributed by atoms with Crippen molar-refractivity contribution >= 4 is 17.8 Å². The van der Waals surface area contributed by atoms with Crippen molar-refractivity contribution in [3.05, 3.63) is 65.2 Å². The van der Waals surface area contributed by atoms with Crippen LogP contribution in [0.4, 0.5) is 4.79 Å². The van der Waals surface area contributed by atoms with Crippen LogP contribution in [0.5, 0.6) is 5.75 Å². The van der Waals surface area contributed by atoms with Crippen molar-refractivity contribution < 1.29 is 23.9 Å². The number of hydrogen-bond acceptors (Lipinski definition) is 5. The Kier molecular flexibility index (Phi) is 6.93. The van der Waals surface area contributed by atoms with Crippen LogP contribution in [0.2, 0.25) is 0 Å². The van der Waals surface area contributed by atoms with Gasteiger partial charge in [0.05, 0.1) is 7.11 Å². The van der Waals surface area contributed by atoms with Crippen molar-refractivity contribution in [2.45, 2.75) is 26.0 Å². The minimum absolute atomic E-state index is 0.102. The third-order valence-corrected chi connectivity index (χ3v) is 3.94. The molecule has 142 valence electrons. The van der Waals surface area contributed by atoms with Crippen molar-refractivity contribution in [3.63, 3.8) is 0 Å². The van der Waals surface area contributed by atoms with Gasteiger partial charge in [0.2, 0.25) is 0 Å². The largest absolute Gasteiger partial charge is 0.496 e. The number of nitrogens with one attached hydrogen (secondary N) is 1. The SMILES string of the molecule is COc1ccc(C(C)=O)cc1COC(=O)[C@H](Cc1ccccc1)NC(N)=O. The van der Waals surface area contributed by atoms with Crippen LogP contribution in [-0.2, 0) is 22.6 Å². The molecule has 2 rings (SSSR count). The topological polar surface area (TPSA) is 108 Å². The average molecular weight is 370 g/mol. The number of urea groups is 1. The molecule has 0 aliphatic rings. The normalized spacial score (nSPS) is 11.3. The summed E-state index contributed by atoms with van der Waals surface area (Å²) in [5, 5.41) is 2.40. The molecular formula is C20H22N2O5. The summed E-state index contributed by atoms with van der Waals surface area (Å²) in [7, 11) is 1.49. The first kappa shape index (κ1) is 20.0. The molecule has 2 aromatic rings. The smallest absolute Gasteiger partial charge is 0.329 e. The molecule has 0 bridgehead atoms. The molecule has 2 aromatic carbocycles. The Balaban J connectivity index is 2.11. The van der Waals surface area contributed by atoms with Gasteiger partial charge in [-0.3, -0.25) is 4.79 Å². The lowest BCUT2D eigenvalue weighted by atomic mass is 10.1. The van der Waals surface area contributed by atoms with Gasteiger partial charge in [-0.2, -0.15) is 0 Å². The second-order valence-electron chi connectivity index (χ2n) is 5.94. The van der Waals surface area contributed by atoms with Gasteiger partial charge in [0.25, 0.3) is 0 Å². The van der Waals surface area contributed by atoms with E-state index in [0.29, 0.717) is 16.9 Å². The summed E-state index contributed by atoms with van der Waals surface area (Å²) in [6.07, 6.45) is 0.243. The van der Waals surface area contributed by atoms with Crippen molar-refractivity contribution in [1.29, 1.82) is 0 Å². The second-order valence-corrected chi connectivity index (χ2v) is 5.94. The molecule has 27 heavy (non-hydrogen) atoms. The van der Waals surface area contributed by atoms with E-state index in [9.17, 15) is 14.4 Å². The number of amides is 2. The maximum absolute atomic E-state index is 12.5. The highest BCUT2D eigenvalue weighted by Gasteiger charge is 2.22. The van der Waals surface area contributed by atoms with E-state index in [2.05, 4.69) is 5.32 Å². The van der Waals surface area contributed by atoms with Crippen molar-refractivity contribution in [2.75, 3.05) is 7.11 Å². The molecule has 0 aliphatic heterocycles. The Morgan fingerprint density at radius 3 is 2.41 bits per heavy atom. The van der Waals surface area contributed by atoms with E-state index in [1.807, 2.05) is 30.3 Å². The quantitative estimate of drug-likeness (QED) is 0.547. The van der Waals surface area contributed by atoms with Gasteiger partial charge in [-0.1, -0.05) is 30.3 Å². The van der Waals surface area contributed by atoms with E-state index in [4.69, 9.17) is 15.2 Å². The molecule has 0 aliphatic carbocycles. The van der Waals surface area contributed by atoms with E-state index < -0.39 is 18.0 Å². The lowest BCUT2D eigenvalue weighted by molar-refractivity contribution is -0.147. The summed E-state index contributed by atoms with van der Waals surface area (Å²) < 4.78 is 10.6. The maximum Gasteiger partial charge on any atom is 0.329 e. The Morgan fingerprint density at radius 2 is 1.81 bits per heavy atom. The van der Waals surface area contributed by atoms with Crippen LogP contribution in [0.15, 0.2) is 48.5 Å². The van der Waals surface area contributed by atoms with Gasteiger partial charge in [-0.15, -0.1) is 0 Å². The van der Waals surface area contributed by atoms with E-state index in [1.165, 1.54) is 14.0 Å². The molecule has 0 spiro atoms. The van der Waals surface area contributed by atoms with Crippen molar-refractivity contribution in [2.24, 2.45) is 5.73 Å². The molecule has 0 aromatic heterocycles. The summed E-state index contributed by atoms with van der Waals surface area (Å²) in [5.41, 5.74) is 7.06. The zero-order valence-electron chi connectivity index (χ0n) is 15.2. The van der Waals surface area contributed by atoms with E-state index in [1.54, 1.807) is 18.2 Å². The number of hydrogen-bond donors (Lipinski definition) is 2. The molecule has 3 N–H and O–H groups in total. The first-order chi connectivity index (χ1) is 12.9. The zero-order valence-corrected chi connectivity index (χ0v) is 15.2. The first-order valence-corrected chi connectivity index (χ1v) is 8.35. The molecule has 2 amide bonds. The number of benzene rings is 2. The number of esters is 1. The molecule has 7 nitrogen and oxygen atoms in total. The Morgan fingerprint density at radius 1 is 1.11 bits per heavy atom. The molecule has 0 saturated carbocycles.